The van der Waals surface area contributed by atoms with Crippen LogP contribution in [0.5, 0.6) is 0 Å². The summed E-state index contributed by atoms with van der Waals surface area (Å²) in [7, 11) is -0.459. The lowest BCUT2D eigenvalue weighted by Gasteiger charge is -2.28. The van der Waals surface area contributed by atoms with Crippen LogP contribution in [0.25, 0.3) is 0 Å². The Balaban J connectivity index is 2.95. The third-order valence-corrected chi connectivity index (χ3v) is 5.42. The number of hydrogen-bond donors (Lipinski definition) is 2. The lowest BCUT2D eigenvalue weighted by atomic mass is 10.1. The highest BCUT2D eigenvalue weighted by Gasteiger charge is 2.32. The number of ether oxygens (including phenoxy) is 2. The Hall–Kier alpha value is -2.42. The molecule has 0 aromatic carbocycles. The van der Waals surface area contributed by atoms with Gasteiger partial charge < -0.3 is 20.1 Å². The number of hydrogen-bond acceptors (Lipinski definition) is 6. The van der Waals surface area contributed by atoms with Gasteiger partial charge in [-0.05, 0) is 38.4 Å². The van der Waals surface area contributed by atoms with E-state index in [2.05, 4.69) is 35.3 Å². The molecular weight excluding hydrogens is 390 g/mol. The molecule has 0 spiro atoms. The SMILES string of the molecule is COC(=O)C(Cc1cccnc1)NC(=O)C(C[Si](C)(C)C)NC(=O)OC(C)(C)C. The van der Waals surface area contributed by atoms with Gasteiger partial charge >= 0.3 is 12.1 Å². The van der Waals surface area contributed by atoms with Gasteiger partial charge in [-0.25, -0.2) is 9.59 Å². The van der Waals surface area contributed by atoms with E-state index in [-0.39, 0.29) is 6.42 Å². The maximum atomic E-state index is 13.0. The summed E-state index contributed by atoms with van der Waals surface area (Å²) in [5, 5.41) is 5.37. The van der Waals surface area contributed by atoms with Gasteiger partial charge in [0.15, 0.2) is 0 Å². The van der Waals surface area contributed by atoms with Gasteiger partial charge in [-0.2, -0.15) is 0 Å². The first-order valence-electron chi connectivity index (χ1n) is 9.57. The van der Waals surface area contributed by atoms with Crippen molar-refractivity contribution in [3.63, 3.8) is 0 Å². The number of carbonyl (C=O) groups excluding carboxylic acids is 3. The van der Waals surface area contributed by atoms with E-state index in [1.807, 2.05) is 6.07 Å². The molecule has 2 amide bonds. The Morgan fingerprint density at radius 1 is 1.14 bits per heavy atom. The summed E-state index contributed by atoms with van der Waals surface area (Å²) in [6.07, 6.45) is 2.82. The largest absolute Gasteiger partial charge is 0.467 e. The minimum atomic E-state index is -1.73. The summed E-state index contributed by atoms with van der Waals surface area (Å²) in [6, 6.07) is 2.37. The van der Waals surface area contributed by atoms with Crippen LogP contribution in [-0.4, -0.2) is 55.8 Å². The van der Waals surface area contributed by atoms with Crippen molar-refractivity contribution in [3.05, 3.63) is 30.1 Å². The van der Waals surface area contributed by atoms with Gasteiger partial charge in [-0.3, -0.25) is 9.78 Å². The van der Waals surface area contributed by atoms with Crippen LogP contribution in [-0.2, 0) is 25.5 Å². The van der Waals surface area contributed by atoms with Crippen LogP contribution in [0.2, 0.25) is 25.7 Å². The summed E-state index contributed by atoms with van der Waals surface area (Å²) in [5.74, 6) is -1.01. The summed E-state index contributed by atoms with van der Waals surface area (Å²) < 4.78 is 10.1. The fraction of sp³-hybridized carbons (Fsp3) is 0.600. The second-order valence-electron chi connectivity index (χ2n) is 9.11. The first-order chi connectivity index (χ1) is 13.3. The van der Waals surface area contributed by atoms with Crippen molar-refractivity contribution in [2.45, 2.75) is 70.6 Å². The molecule has 1 aromatic rings. The molecule has 0 aliphatic rings. The number of pyridine rings is 1. The predicted molar refractivity (Wildman–Crippen MR) is 113 cm³/mol. The van der Waals surface area contributed by atoms with Gasteiger partial charge in [0.25, 0.3) is 0 Å². The molecule has 162 valence electrons. The van der Waals surface area contributed by atoms with Gasteiger partial charge in [-0.1, -0.05) is 25.7 Å². The zero-order valence-corrected chi connectivity index (χ0v) is 19.4. The van der Waals surface area contributed by atoms with E-state index >= 15 is 0 Å². The zero-order chi connectivity index (χ0) is 22.2. The minimum Gasteiger partial charge on any atom is -0.467 e. The first-order valence-corrected chi connectivity index (χ1v) is 13.3. The van der Waals surface area contributed by atoms with Crippen LogP contribution in [0.1, 0.15) is 26.3 Å². The molecule has 1 heterocycles. The van der Waals surface area contributed by atoms with Crippen molar-refractivity contribution in [1.82, 2.24) is 15.6 Å². The molecule has 1 rings (SSSR count). The molecule has 2 unspecified atom stereocenters. The third kappa shape index (κ3) is 10.1. The molecule has 29 heavy (non-hydrogen) atoms. The Morgan fingerprint density at radius 2 is 1.79 bits per heavy atom. The first kappa shape index (κ1) is 24.6. The number of esters is 1. The van der Waals surface area contributed by atoms with Crippen LogP contribution >= 0.6 is 0 Å². The lowest BCUT2D eigenvalue weighted by Crippen LogP contribution is -2.54. The fourth-order valence-corrected chi connectivity index (χ4v) is 4.15. The Morgan fingerprint density at radius 3 is 2.28 bits per heavy atom. The monoisotopic (exact) mass is 423 g/mol. The smallest absolute Gasteiger partial charge is 0.408 e. The van der Waals surface area contributed by atoms with Crippen molar-refractivity contribution < 1.29 is 23.9 Å². The quantitative estimate of drug-likeness (QED) is 0.491. The number of carbonyl (C=O) groups is 3. The second kappa shape index (κ2) is 10.4. The van der Waals surface area contributed by atoms with Crippen molar-refractivity contribution in [2.75, 3.05) is 7.11 Å². The molecule has 0 bridgehead atoms. The number of amides is 2. The highest BCUT2D eigenvalue weighted by Crippen LogP contribution is 2.14. The molecule has 0 saturated heterocycles. The zero-order valence-electron chi connectivity index (χ0n) is 18.4. The minimum absolute atomic E-state index is 0.234. The fourth-order valence-electron chi connectivity index (χ4n) is 2.63. The van der Waals surface area contributed by atoms with Gasteiger partial charge in [0.1, 0.15) is 17.7 Å². The standard InChI is InChI=1S/C20H33N3O5Si/c1-20(2,3)28-19(26)23-16(13-29(5,6)7)17(24)22-15(18(25)27-4)11-14-9-8-10-21-12-14/h8-10,12,15-16H,11,13H2,1-7H3,(H,22,24)(H,23,26). The van der Waals surface area contributed by atoms with Crippen LogP contribution in [0, 0.1) is 0 Å². The van der Waals surface area contributed by atoms with Crippen LogP contribution in [0.15, 0.2) is 24.5 Å². The average Bonchev–Trinajstić information content (AvgIpc) is 2.57. The molecule has 0 radical (unpaired) electrons. The molecule has 8 nitrogen and oxygen atoms in total. The lowest BCUT2D eigenvalue weighted by molar-refractivity contribution is -0.145. The predicted octanol–water partition coefficient (Wildman–Crippen LogP) is 2.51. The molecule has 2 atom stereocenters. The molecule has 9 heteroatoms. The number of alkyl carbamates (subject to hydrolysis) is 1. The van der Waals surface area contributed by atoms with E-state index in [1.54, 1.807) is 39.2 Å². The summed E-state index contributed by atoms with van der Waals surface area (Å²) in [4.78, 5) is 41.4. The molecule has 2 N–H and O–H groups in total. The normalized spacial score (nSPS) is 13.8. The number of nitrogens with zero attached hydrogens (tertiary/aromatic N) is 1. The molecule has 1 aromatic heterocycles. The van der Waals surface area contributed by atoms with Crippen molar-refractivity contribution >= 4 is 26.0 Å². The van der Waals surface area contributed by atoms with Crippen LogP contribution in [0.4, 0.5) is 4.79 Å². The number of rotatable bonds is 8. The molecule has 0 fully saturated rings. The summed E-state index contributed by atoms with van der Waals surface area (Å²) in [5.41, 5.74) is 0.101. The van der Waals surface area contributed by atoms with Crippen molar-refractivity contribution in [1.29, 1.82) is 0 Å². The molecular formula is C20H33N3O5Si. The van der Waals surface area contributed by atoms with E-state index in [0.717, 1.165) is 5.56 Å². The van der Waals surface area contributed by atoms with Gasteiger partial charge in [0, 0.05) is 26.9 Å². The number of nitrogens with one attached hydrogen (secondary N) is 2. The topological polar surface area (TPSA) is 107 Å². The van der Waals surface area contributed by atoms with Gasteiger partial charge in [-0.15, -0.1) is 0 Å². The van der Waals surface area contributed by atoms with E-state index < -0.39 is 43.7 Å². The Bertz CT molecular complexity index is 698. The Kier molecular flexibility index (Phi) is 8.81. The maximum absolute atomic E-state index is 13.0. The third-order valence-electron chi connectivity index (χ3n) is 3.79. The molecule has 0 aliphatic heterocycles. The number of methoxy groups -OCH3 is 1. The van der Waals surface area contributed by atoms with Crippen LogP contribution in [0.3, 0.4) is 0 Å². The number of aromatic nitrogens is 1. The van der Waals surface area contributed by atoms with Gasteiger partial charge in [0.2, 0.25) is 5.91 Å². The second-order valence-corrected chi connectivity index (χ2v) is 14.6. The summed E-state index contributed by atoms with van der Waals surface area (Å²) >= 11 is 0. The molecule has 0 aliphatic carbocycles. The van der Waals surface area contributed by atoms with Crippen molar-refractivity contribution in [2.24, 2.45) is 0 Å². The highest BCUT2D eigenvalue weighted by molar-refractivity contribution is 6.76. The van der Waals surface area contributed by atoms with E-state index in [4.69, 9.17) is 9.47 Å². The van der Waals surface area contributed by atoms with Crippen molar-refractivity contribution in [3.8, 4) is 0 Å². The molecule has 0 saturated carbocycles. The highest BCUT2D eigenvalue weighted by atomic mass is 28.3. The maximum Gasteiger partial charge on any atom is 0.408 e. The van der Waals surface area contributed by atoms with Gasteiger partial charge in [0.05, 0.1) is 7.11 Å². The summed E-state index contributed by atoms with van der Waals surface area (Å²) in [6.45, 7) is 11.5. The van der Waals surface area contributed by atoms with E-state index in [1.165, 1.54) is 7.11 Å². The van der Waals surface area contributed by atoms with Crippen LogP contribution < -0.4 is 10.6 Å². The Labute approximate surface area is 173 Å². The average molecular weight is 424 g/mol. The van der Waals surface area contributed by atoms with E-state index in [0.29, 0.717) is 6.04 Å². The van der Waals surface area contributed by atoms with E-state index in [9.17, 15) is 14.4 Å².